The fourth-order valence-electron chi connectivity index (χ4n) is 4.36. The molecule has 1 heterocycles. The number of benzene rings is 3. The van der Waals surface area contributed by atoms with Crippen LogP contribution in [-0.2, 0) is 33.5 Å². The van der Waals surface area contributed by atoms with E-state index in [1.807, 2.05) is 18.2 Å². The van der Waals surface area contributed by atoms with Crippen molar-refractivity contribution in [1.29, 1.82) is 0 Å². The summed E-state index contributed by atoms with van der Waals surface area (Å²) in [6, 6.07) is 15.1. The highest BCUT2D eigenvalue weighted by Gasteiger charge is 2.31. The highest BCUT2D eigenvalue weighted by atomic mass is 19.4. The molecule has 0 saturated carbocycles. The Morgan fingerprint density at radius 2 is 1.58 bits per heavy atom. The Balaban J connectivity index is 1.31. The lowest BCUT2D eigenvalue weighted by Crippen LogP contribution is -2.32. The number of methoxy groups -OCH3 is 1. The fourth-order valence-corrected chi connectivity index (χ4v) is 4.36. The number of alkyl halides is 3. The molecule has 1 fully saturated rings. The van der Waals surface area contributed by atoms with Crippen LogP contribution in [0.2, 0.25) is 0 Å². The summed E-state index contributed by atoms with van der Waals surface area (Å²) in [4.78, 5) is 0. The van der Waals surface area contributed by atoms with Gasteiger partial charge in [-0.1, -0.05) is 42.5 Å². The van der Waals surface area contributed by atoms with Crippen LogP contribution in [0.15, 0.2) is 54.6 Å². The van der Waals surface area contributed by atoms with E-state index >= 15 is 4.39 Å². The van der Waals surface area contributed by atoms with E-state index in [1.54, 1.807) is 31.4 Å². The lowest BCUT2D eigenvalue weighted by Gasteiger charge is -2.29. The minimum Gasteiger partial charge on any atom is -0.406 e. The number of hydrogen-bond donors (Lipinski definition) is 0. The molecule has 0 atom stereocenters. The lowest BCUT2D eigenvalue weighted by atomic mass is 9.98. The summed E-state index contributed by atoms with van der Waals surface area (Å²) in [5.41, 5.74) is 2.46. The molecule has 4 nitrogen and oxygen atoms in total. The van der Waals surface area contributed by atoms with Crippen molar-refractivity contribution >= 4 is 10.8 Å². The fraction of sp³-hybridized carbons (Fsp3) is 0.429. The summed E-state index contributed by atoms with van der Waals surface area (Å²) in [7, 11) is 1.69. The second-order valence-corrected chi connectivity index (χ2v) is 9.07. The third-order valence-electron chi connectivity index (χ3n) is 6.37. The van der Waals surface area contributed by atoms with Gasteiger partial charge in [0.05, 0.1) is 13.2 Å². The lowest BCUT2D eigenvalue weighted by molar-refractivity contribution is -0.274. The van der Waals surface area contributed by atoms with E-state index in [9.17, 15) is 13.2 Å². The van der Waals surface area contributed by atoms with Crippen LogP contribution in [0.5, 0.6) is 5.75 Å². The number of aryl methyl sites for hydroxylation is 3. The highest BCUT2D eigenvalue weighted by molar-refractivity contribution is 5.84. The number of hydrogen-bond acceptors (Lipinski definition) is 4. The van der Waals surface area contributed by atoms with Crippen LogP contribution >= 0.6 is 0 Å². The van der Waals surface area contributed by atoms with E-state index in [2.05, 4.69) is 4.74 Å². The van der Waals surface area contributed by atoms with Gasteiger partial charge in [0.1, 0.15) is 11.6 Å². The molecule has 0 aliphatic carbocycles. The molecule has 1 saturated heterocycles. The Morgan fingerprint density at radius 1 is 0.861 bits per heavy atom. The van der Waals surface area contributed by atoms with Crippen LogP contribution in [0.25, 0.3) is 10.8 Å². The predicted octanol–water partition coefficient (Wildman–Crippen LogP) is 6.62. The van der Waals surface area contributed by atoms with Gasteiger partial charge in [-0.2, -0.15) is 0 Å². The summed E-state index contributed by atoms with van der Waals surface area (Å²) < 4.78 is 72.7. The molecule has 0 bridgehead atoms. The summed E-state index contributed by atoms with van der Waals surface area (Å²) >= 11 is 0. The van der Waals surface area contributed by atoms with Crippen molar-refractivity contribution in [2.45, 2.75) is 44.8 Å². The third-order valence-corrected chi connectivity index (χ3v) is 6.37. The molecular formula is C28H30F4O4. The van der Waals surface area contributed by atoms with Gasteiger partial charge in [-0.15, -0.1) is 13.2 Å². The molecule has 0 amide bonds. The Morgan fingerprint density at radius 3 is 2.28 bits per heavy atom. The molecule has 0 N–H and O–H groups in total. The largest absolute Gasteiger partial charge is 0.573 e. The summed E-state index contributed by atoms with van der Waals surface area (Å²) in [6.45, 7) is 2.04. The average Bonchev–Trinajstić information content (AvgIpc) is 2.86. The van der Waals surface area contributed by atoms with Crippen LogP contribution in [0.1, 0.15) is 29.5 Å². The van der Waals surface area contributed by atoms with Gasteiger partial charge in [-0.3, -0.25) is 0 Å². The third kappa shape index (κ3) is 7.41. The monoisotopic (exact) mass is 506 g/mol. The minimum absolute atomic E-state index is 0.229. The minimum atomic E-state index is -4.72. The number of rotatable bonds is 10. The molecule has 0 aromatic heterocycles. The van der Waals surface area contributed by atoms with Gasteiger partial charge < -0.3 is 18.9 Å². The first-order chi connectivity index (χ1) is 17.3. The van der Waals surface area contributed by atoms with Gasteiger partial charge in [0.15, 0.2) is 6.29 Å². The first-order valence-corrected chi connectivity index (χ1v) is 12.1. The molecule has 0 unspecified atom stereocenters. The summed E-state index contributed by atoms with van der Waals surface area (Å²) in [6.07, 6.45) is -1.60. The zero-order valence-corrected chi connectivity index (χ0v) is 20.2. The van der Waals surface area contributed by atoms with E-state index < -0.39 is 6.36 Å². The van der Waals surface area contributed by atoms with Crippen molar-refractivity contribution < 1.29 is 36.5 Å². The standard InChI is InChI=1S/C28H30F4O4/c1-33-15-14-21-17-34-26(35-18-21)13-6-20-5-12-25-23(16-20)9-8-22(27(25)29)7-2-19-3-10-24(11-4-19)36-28(30,31)32/h3-5,8-12,16,21,26H,2,6-7,13-15,17-18H2,1H3. The van der Waals surface area contributed by atoms with Crippen LogP contribution in [0.3, 0.4) is 0 Å². The number of halogens is 4. The first-order valence-electron chi connectivity index (χ1n) is 12.1. The van der Waals surface area contributed by atoms with Crippen molar-refractivity contribution in [3.8, 4) is 5.75 Å². The van der Waals surface area contributed by atoms with Crippen LogP contribution < -0.4 is 4.74 Å². The van der Waals surface area contributed by atoms with Crippen molar-refractivity contribution in [3.05, 3.63) is 77.1 Å². The zero-order chi connectivity index (χ0) is 25.5. The maximum atomic E-state index is 15.2. The van der Waals surface area contributed by atoms with Crippen molar-refractivity contribution in [2.75, 3.05) is 26.9 Å². The Labute approximate surface area is 208 Å². The highest BCUT2D eigenvalue weighted by Crippen LogP contribution is 2.26. The SMILES string of the molecule is COCCC1COC(CCc2ccc3c(F)c(CCc4ccc(OC(F)(F)F)cc4)ccc3c2)OC1. The molecule has 194 valence electrons. The average molecular weight is 507 g/mol. The molecule has 0 radical (unpaired) electrons. The maximum Gasteiger partial charge on any atom is 0.573 e. The van der Waals surface area contributed by atoms with Crippen molar-refractivity contribution in [2.24, 2.45) is 5.92 Å². The zero-order valence-electron chi connectivity index (χ0n) is 20.2. The predicted molar refractivity (Wildman–Crippen MR) is 128 cm³/mol. The molecule has 4 rings (SSSR count). The smallest absolute Gasteiger partial charge is 0.406 e. The number of ether oxygens (including phenoxy) is 4. The van der Waals surface area contributed by atoms with Gasteiger partial charge in [-0.25, -0.2) is 4.39 Å². The topological polar surface area (TPSA) is 36.9 Å². The molecule has 3 aromatic carbocycles. The molecule has 3 aromatic rings. The molecular weight excluding hydrogens is 476 g/mol. The maximum absolute atomic E-state index is 15.2. The Kier molecular flexibility index (Phi) is 8.82. The summed E-state index contributed by atoms with van der Waals surface area (Å²) in [5.74, 6) is -0.175. The van der Waals surface area contributed by atoms with Gasteiger partial charge >= 0.3 is 6.36 Å². The molecule has 1 aliphatic rings. The van der Waals surface area contributed by atoms with Crippen LogP contribution in [0.4, 0.5) is 17.6 Å². The molecule has 0 spiro atoms. The first kappa shape index (κ1) is 26.4. The van der Waals surface area contributed by atoms with E-state index in [0.717, 1.165) is 35.8 Å². The molecule has 8 heteroatoms. The van der Waals surface area contributed by atoms with Gasteiger partial charge in [0.2, 0.25) is 0 Å². The van der Waals surface area contributed by atoms with Gasteiger partial charge in [-0.05, 0) is 59.9 Å². The molecule has 36 heavy (non-hydrogen) atoms. The Bertz CT molecular complexity index is 1120. The second kappa shape index (κ2) is 12.0. The van der Waals surface area contributed by atoms with Crippen molar-refractivity contribution in [1.82, 2.24) is 0 Å². The Hall–Kier alpha value is -2.68. The molecule has 1 aliphatic heterocycles. The van der Waals surface area contributed by atoms with Crippen molar-refractivity contribution in [3.63, 3.8) is 0 Å². The summed E-state index contributed by atoms with van der Waals surface area (Å²) in [5, 5.41) is 1.38. The second-order valence-electron chi connectivity index (χ2n) is 9.07. The van der Waals surface area contributed by atoms with Gasteiger partial charge in [0, 0.05) is 31.4 Å². The van der Waals surface area contributed by atoms with Gasteiger partial charge in [0.25, 0.3) is 0 Å². The van der Waals surface area contributed by atoms with E-state index in [0.29, 0.717) is 49.5 Å². The van der Waals surface area contributed by atoms with E-state index in [4.69, 9.17) is 14.2 Å². The normalized spacial score (nSPS) is 18.5. The van der Waals surface area contributed by atoms with E-state index in [1.165, 1.54) is 12.1 Å². The van der Waals surface area contributed by atoms with Crippen LogP contribution in [0, 0.1) is 11.7 Å². The van der Waals surface area contributed by atoms with E-state index in [-0.39, 0.29) is 17.9 Å². The quantitative estimate of drug-likeness (QED) is 0.290. The van der Waals surface area contributed by atoms with Crippen LogP contribution in [-0.4, -0.2) is 39.6 Å². The number of fused-ring (bicyclic) bond motifs is 1.